The Morgan fingerprint density at radius 2 is 1.37 bits per heavy atom. The first-order valence-corrected chi connectivity index (χ1v) is 16.0. The van der Waals surface area contributed by atoms with Gasteiger partial charge >= 0.3 is 11.7 Å². The summed E-state index contributed by atoms with van der Waals surface area (Å²) in [6.45, 7) is -0.844. The van der Waals surface area contributed by atoms with Gasteiger partial charge in [-0.1, -0.05) is 12.1 Å². The number of amides is 1. The third kappa shape index (κ3) is 6.91. The average molecular weight is 640 g/mol. The molecule has 0 atom stereocenters. The number of rotatable bonds is 10. The maximum absolute atomic E-state index is 12.9. The van der Waals surface area contributed by atoms with Crippen molar-refractivity contribution in [2.75, 3.05) is 21.4 Å². The van der Waals surface area contributed by atoms with Gasteiger partial charge in [0, 0.05) is 20.2 Å². The van der Waals surface area contributed by atoms with Crippen LogP contribution in [0.1, 0.15) is 10.4 Å². The minimum atomic E-state index is -4.07. The smallest absolute Gasteiger partial charge is 0.338 e. The fraction of sp³-hybridized carbons (Fsp3) is 0.130. The van der Waals surface area contributed by atoms with Crippen molar-refractivity contribution in [1.29, 1.82) is 0 Å². The van der Waals surface area contributed by atoms with E-state index in [1.54, 1.807) is 10.8 Å². The number of aromatic nitrogens is 2. The van der Waals surface area contributed by atoms with Crippen molar-refractivity contribution in [2.45, 2.75) is 8.42 Å². The zero-order valence-electron chi connectivity index (χ0n) is 21.2. The molecule has 4 aromatic rings. The molecule has 3 N–H and O–H groups in total. The van der Waals surface area contributed by atoms with E-state index in [0.717, 1.165) is 50.0 Å². The molecule has 1 amide bonds. The van der Waals surface area contributed by atoms with E-state index in [2.05, 4.69) is 14.8 Å². The molecule has 0 aliphatic carbocycles. The normalized spacial score (nSPS) is 11.6. The molecule has 3 aromatic heterocycles. The van der Waals surface area contributed by atoms with Gasteiger partial charge in [-0.3, -0.25) is 28.2 Å². The van der Waals surface area contributed by atoms with Gasteiger partial charge in [0.25, 0.3) is 31.5 Å². The highest BCUT2D eigenvalue weighted by atomic mass is 32.3. The summed E-state index contributed by atoms with van der Waals surface area (Å²) in [5.41, 5.74) is -1.95. The van der Waals surface area contributed by atoms with Crippen molar-refractivity contribution in [1.82, 2.24) is 9.13 Å². The van der Waals surface area contributed by atoms with Gasteiger partial charge in [0.1, 0.15) is 14.2 Å². The first-order chi connectivity index (χ1) is 19.3. The van der Waals surface area contributed by atoms with Gasteiger partial charge in [0.05, 0.1) is 16.9 Å². The number of sulfonamides is 2. The summed E-state index contributed by atoms with van der Waals surface area (Å²) in [4.78, 5) is 49.2. The van der Waals surface area contributed by atoms with Crippen LogP contribution >= 0.6 is 22.7 Å². The largest absolute Gasteiger partial charge is 0.452 e. The van der Waals surface area contributed by atoms with Crippen LogP contribution in [0.25, 0.3) is 0 Å². The van der Waals surface area contributed by atoms with Crippen molar-refractivity contribution < 1.29 is 31.2 Å². The second-order valence-corrected chi connectivity index (χ2v) is 14.0. The van der Waals surface area contributed by atoms with Gasteiger partial charge < -0.3 is 10.1 Å². The monoisotopic (exact) mass is 639 g/mol. The molecule has 18 heteroatoms. The Kier molecular flexibility index (Phi) is 8.47. The number of thiophene rings is 2. The van der Waals surface area contributed by atoms with E-state index >= 15 is 0 Å². The van der Waals surface area contributed by atoms with Crippen LogP contribution in [0.15, 0.2) is 77.3 Å². The number of anilines is 3. The van der Waals surface area contributed by atoms with Crippen LogP contribution in [0.3, 0.4) is 0 Å². The summed E-state index contributed by atoms with van der Waals surface area (Å²) in [5, 5.41) is 5.40. The molecule has 0 saturated heterocycles. The molecule has 0 radical (unpaired) electrons. The first kappa shape index (κ1) is 29.7. The average Bonchev–Trinajstić information content (AvgIpc) is 3.64. The Hall–Kier alpha value is -4.26. The van der Waals surface area contributed by atoms with Crippen LogP contribution in [0.4, 0.5) is 17.2 Å². The summed E-state index contributed by atoms with van der Waals surface area (Å²) in [7, 11) is -5.55. The molecule has 0 aliphatic rings. The van der Waals surface area contributed by atoms with E-state index in [-0.39, 0.29) is 31.2 Å². The van der Waals surface area contributed by atoms with Crippen LogP contribution in [0.5, 0.6) is 0 Å². The number of hydrogen-bond donors (Lipinski definition) is 3. The minimum absolute atomic E-state index is 0.0204. The number of esters is 1. The summed E-state index contributed by atoms with van der Waals surface area (Å²) >= 11 is 1.90. The SMILES string of the molecule is Cn1c(NC(=O)COC(=O)c2cc(NS(=O)(=O)c3cccs3)cc(NS(=O)(=O)c3cccs3)c2)cc(=O)n(C)c1=O. The third-order valence-corrected chi connectivity index (χ3v) is 10.9. The number of carbonyl (C=O) groups excluding carboxylic acids is 2. The number of nitrogens with zero attached hydrogens (tertiary/aromatic N) is 2. The number of ether oxygens (including phenoxy) is 1. The molecule has 0 spiro atoms. The number of benzene rings is 1. The van der Waals surface area contributed by atoms with Gasteiger partial charge in [-0.15, -0.1) is 22.7 Å². The molecule has 0 saturated carbocycles. The van der Waals surface area contributed by atoms with Crippen molar-refractivity contribution in [3.8, 4) is 0 Å². The molecule has 1 aromatic carbocycles. The fourth-order valence-electron chi connectivity index (χ4n) is 3.35. The van der Waals surface area contributed by atoms with Crippen LogP contribution in [0.2, 0.25) is 0 Å². The number of nitrogens with one attached hydrogen (secondary N) is 3. The zero-order chi connectivity index (χ0) is 29.9. The molecule has 14 nitrogen and oxygen atoms in total. The quantitative estimate of drug-likeness (QED) is 0.216. The second kappa shape index (κ2) is 11.7. The lowest BCUT2D eigenvalue weighted by molar-refractivity contribution is -0.119. The molecule has 0 bridgehead atoms. The van der Waals surface area contributed by atoms with Gasteiger partial charge in [0.15, 0.2) is 6.61 Å². The zero-order valence-corrected chi connectivity index (χ0v) is 24.4. The van der Waals surface area contributed by atoms with Crippen molar-refractivity contribution in [3.05, 3.63) is 85.7 Å². The lowest BCUT2D eigenvalue weighted by Crippen LogP contribution is -2.38. The number of hydrogen-bond acceptors (Lipinski definition) is 11. The van der Waals surface area contributed by atoms with E-state index in [1.807, 2.05) is 0 Å². The Morgan fingerprint density at radius 1 is 0.829 bits per heavy atom. The highest BCUT2D eigenvalue weighted by Gasteiger charge is 2.21. The predicted octanol–water partition coefficient (Wildman–Crippen LogP) is 1.60. The molecule has 3 heterocycles. The molecule has 41 heavy (non-hydrogen) atoms. The molecule has 0 unspecified atom stereocenters. The molecule has 0 aliphatic heterocycles. The van der Waals surface area contributed by atoms with E-state index < -0.39 is 49.8 Å². The standard InChI is InChI=1S/C23H21N5O9S4/c1-27-17(12-19(30)28(2)23(27)32)24-18(29)13-37-22(31)14-9-15(25-40(33,34)20-5-3-7-38-20)11-16(10-14)26-41(35,36)21-6-4-8-39-21/h3-12,25-26H,13H2,1-2H3,(H,24,29). The summed E-state index contributed by atoms with van der Waals surface area (Å²) in [5.74, 6) is -2.10. The van der Waals surface area contributed by atoms with Crippen molar-refractivity contribution in [2.24, 2.45) is 14.1 Å². The van der Waals surface area contributed by atoms with E-state index in [1.165, 1.54) is 44.4 Å². The minimum Gasteiger partial charge on any atom is -0.452 e. The van der Waals surface area contributed by atoms with Gasteiger partial charge in [-0.2, -0.15) is 0 Å². The second-order valence-electron chi connectivity index (χ2n) is 8.27. The van der Waals surface area contributed by atoms with E-state index in [0.29, 0.717) is 0 Å². The van der Waals surface area contributed by atoms with Gasteiger partial charge in [-0.25, -0.2) is 26.4 Å². The lowest BCUT2D eigenvalue weighted by Gasteiger charge is -2.13. The maximum Gasteiger partial charge on any atom is 0.338 e. The van der Waals surface area contributed by atoms with Crippen LogP contribution in [0, 0.1) is 0 Å². The Bertz CT molecular complexity index is 1860. The predicted molar refractivity (Wildman–Crippen MR) is 153 cm³/mol. The van der Waals surface area contributed by atoms with Gasteiger partial charge in [0.2, 0.25) is 0 Å². The van der Waals surface area contributed by atoms with Gasteiger partial charge in [-0.05, 0) is 41.1 Å². The highest BCUT2D eigenvalue weighted by molar-refractivity contribution is 7.95. The topological polar surface area (TPSA) is 192 Å². The molecular weight excluding hydrogens is 619 g/mol. The van der Waals surface area contributed by atoms with Crippen LogP contribution in [-0.2, 0) is 43.7 Å². The van der Waals surface area contributed by atoms with Crippen molar-refractivity contribution >= 4 is 71.8 Å². The third-order valence-electron chi connectivity index (χ3n) is 5.32. The Labute approximate surface area is 240 Å². The van der Waals surface area contributed by atoms with E-state index in [9.17, 15) is 36.0 Å². The van der Waals surface area contributed by atoms with Crippen molar-refractivity contribution in [3.63, 3.8) is 0 Å². The lowest BCUT2D eigenvalue weighted by atomic mass is 10.2. The highest BCUT2D eigenvalue weighted by Crippen LogP contribution is 2.27. The Morgan fingerprint density at radius 3 is 1.85 bits per heavy atom. The number of carbonyl (C=O) groups is 2. The summed E-state index contributed by atoms with van der Waals surface area (Å²) < 4.78 is 62.5. The fourth-order valence-corrected chi connectivity index (χ4v) is 7.42. The molecule has 4 rings (SSSR count). The molecule has 216 valence electrons. The summed E-state index contributed by atoms with van der Waals surface area (Å²) in [6.07, 6.45) is 0. The maximum atomic E-state index is 12.9. The van der Waals surface area contributed by atoms with Crippen LogP contribution in [-0.4, -0.2) is 44.5 Å². The summed E-state index contributed by atoms with van der Waals surface area (Å²) in [6, 6.07) is 10.2. The molecular formula is C23H21N5O9S4. The van der Waals surface area contributed by atoms with E-state index in [4.69, 9.17) is 4.74 Å². The molecule has 0 fully saturated rings. The first-order valence-electron chi connectivity index (χ1n) is 11.3. The Balaban J connectivity index is 1.57. The van der Waals surface area contributed by atoms with Crippen LogP contribution < -0.4 is 26.0 Å².